The van der Waals surface area contributed by atoms with E-state index in [2.05, 4.69) is 26.9 Å². The van der Waals surface area contributed by atoms with Gasteiger partial charge in [-0.2, -0.15) is 0 Å². The van der Waals surface area contributed by atoms with Crippen molar-refractivity contribution in [1.29, 1.82) is 0 Å². The Morgan fingerprint density at radius 3 is 2.69 bits per heavy atom. The first-order chi connectivity index (χ1) is 12.8. The molecule has 7 nitrogen and oxygen atoms in total. The van der Waals surface area contributed by atoms with Gasteiger partial charge in [-0.05, 0) is 59.7 Å². The maximum absolute atomic E-state index is 5.73. The van der Waals surface area contributed by atoms with Crippen LogP contribution in [-0.4, -0.2) is 40.5 Å². The first-order valence-corrected chi connectivity index (χ1v) is 8.72. The molecule has 0 aliphatic heterocycles. The molecule has 0 spiro atoms. The zero-order valence-corrected chi connectivity index (χ0v) is 14.6. The number of ether oxygens (including phenoxy) is 2. The molecule has 2 aromatic carbocycles. The lowest BCUT2D eigenvalue weighted by Gasteiger charge is -2.10. The molecule has 0 unspecified atom stereocenters. The molecule has 134 valence electrons. The Balaban J connectivity index is 1.33. The van der Waals surface area contributed by atoms with Gasteiger partial charge in [0.2, 0.25) is 0 Å². The zero-order valence-electron chi connectivity index (χ0n) is 14.6. The highest BCUT2D eigenvalue weighted by Gasteiger charge is 2.28. The molecule has 7 heteroatoms. The third-order valence-corrected chi connectivity index (χ3v) is 4.27. The van der Waals surface area contributed by atoms with Crippen LogP contribution in [0.2, 0.25) is 0 Å². The van der Waals surface area contributed by atoms with Gasteiger partial charge in [-0.3, -0.25) is 0 Å². The molecule has 1 aliphatic carbocycles. The van der Waals surface area contributed by atoms with Gasteiger partial charge in [0, 0.05) is 17.8 Å². The molecular formula is C19H21N5O2. The smallest absolute Gasteiger partial charge is 0.182 e. The SMILES string of the molecule is COc1ccc(OCCNc2cccc(-c3nnnn3C3CC3)c2)cc1. The largest absolute Gasteiger partial charge is 0.497 e. The molecule has 1 heterocycles. The Morgan fingerprint density at radius 2 is 1.92 bits per heavy atom. The number of nitrogens with zero attached hydrogens (tertiary/aromatic N) is 4. The maximum Gasteiger partial charge on any atom is 0.182 e. The highest BCUT2D eigenvalue weighted by atomic mass is 16.5. The molecule has 3 aromatic rings. The van der Waals surface area contributed by atoms with Crippen molar-refractivity contribution >= 4 is 5.69 Å². The van der Waals surface area contributed by atoms with E-state index in [1.54, 1.807) is 7.11 Å². The summed E-state index contributed by atoms with van der Waals surface area (Å²) >= 11 is 0. The van der Waals surface area contributed by atoms with Crippen LogP contribution >= 0.6 is 0 Å². The van der Waals surface area contributed by atoms with Gasteiger partial charge in [-0.1, -0.05) is 12.1 Å². The summed E-state index contributed by atoms with van der Waals surface area (Å²) in [6.45, 7) is 1.26. The van der Waals surface area contributed by atoms with E-state index >= 15 is 0 Å². The van der Waals surface area contributed by atoms with Crippen molar-refractivity contribution in [3.63, 3.8) is 0 Å². The lowest BCUT2D eigenvalue weighted by atomic mass is 10.2. The normalized spacial score (nSPS) is 13.4. The fraction of sp³-hybridized carbons (Fsp3) is 0.316. The summed E-state index contributed by atoms with van der Waals surface area (Å²) in [6.07, 6.45) is 2.30. The van der Waals surface area contributed by atoms with E-state index < -0.39 is 0 Å². The number of nitrogens with one attached hydrogen (secondary N) is 1. The summed E-state index contributed by atoms with van der Waals surface area (Å²) in [7, 11) is 1.65. The van der Waals surface area contributed by atoms with Gasteiger partial charge in [-0.25, -0.2) is 4.68 Å². The number of hydrogen-bond acceptors (Lipinski definition) is 6. The topological polar surface area (TPSA) is 74.1 Å². The summed E-state index contributed by atoms with van der Waals surface area (Å²) in [5, 5.41) is 15.5. The highest BCUT2D eigenvalue weighted by Crippen LogP contribution is 2.36. The second kappa shape index (κ2) is 7.43. The summed E-state index contributed by atoms with van der Waals surface area (Å²) in [5.41, 5.74) is 2.04. The molecule has 0 saturated heterocycles. The summed E-state index contributed by atoms with van der Waals surface area (Å²) in [5.74, 6) is 2.47. The van der Waals surface area contributed by atoms with E-state index in [4.69, 9.17) is 9.47 Å². The molecule has 26 heavy (non-hydrogen) atoms. The van der Waals surface area contributed by atoms with Gasteiger partial charge >= 0.3 is 0 Å². The number of benzene rings is 2. The van der Waals surface area contributed by atoms with E-state index in [-0.39, 0.29) is 0 Å². The van der Waals surface area contributed by atoms with Crippen LogP contribution in [0.3, 0.4) is 0 Å². The maximum atomic E-state index is 5.73. The zero-order chi connectivity index (χ0) is 17.8. The van der Waals surface area contributed by atoms with Gasteiger partial charge in [-0.15, -0.1) is 5.10 Å². The number of anilines is 1. The third kappa shape index (κ3) is 3.77. The predicted octanol–water partition coefficient (Wildman–Crippen LogP) is 3.17. The average Bonchev–Trinajstić information content (AvgIpc) is 3.42. The molecule has 0 radical (unpaired) electrons. The summed E-state index contributed by atoms with van der Waals surface area (Å²) in [6, 6.07) is 16.2. The quantitative estimate of drug-likeness (QED) is 0.628. The van der Waals surface area contributed by atoms with Crippen LogP contribution in [-0.2, 0) is 0 Å². The number of methoxy groups -OCH3 is 1. The Hall–Kier alpha value is -3.09. The van der Waals surface area contributed by atoms with Gasteiger partial charge in [0.25, 0.3) is 0 Å². The van der Waals surface area contributed by atoms with Crippen LogP contribution in [0.4, 0.5) is 5.69 Å². The number of aromatic nitrogens is 4. The molecular weight excluding hydrogens is 330 g/mol. The number of tetrazole rings is 1. The minimum Gasteiger partial charge on any atom is -0.497 e. The fourth-order valence-corrected chi connectivity index (χ4v) is 2.75. The Labute approximate surface area is 151 Å². The van der Waals surface area contributed by atoms with Crippen molar-refractivity contribution in [1.82, 2.24) is 20.2 Å². The minimum atomic E-state index is 0.453. The van der Waals surface area contributed by atoms with E-state index in [1.165, 1.54) is 0 Å². The van der Waals surface area contributed by atoms with E-state index in [1.807, 2.05) is 47.1 Å². The molecule has 0 bridgehead atoms. The minimum absolute atomic E-state index is 0.453. The number of hydrogen-bond donors (Lipinski definition) is 1. The lowest BCUT2D eigenvalue weighted by molar-refractivity contribution is 0.332. The predicted molar refractivity (Wildman–Crippen MR) is 98.5 cm³/mol. The van der Waals surface area contributed by atoms with Crippen LogP contribution in [0, 0.1) is 0 Å². The van der Waals surface area contributed by atoms with Crippen molar-refractivity contribution in [3.05, 3.63) is 48.5 Å². The Kier molecular flexibility index (Phi) is 4.68. The van der Waals surface area contributed by atoms with Crippen molar-refractivity contribution in [2.24, 2.45) is 0 Å². The average molecular weight is 351 g/mol. The molecule has 1 saturated carbocycles. The summed E-state index contributed by atoms with van der Waals surface area (Å²) < 4.78 is 12.8. The van der Waals surface area contributed by atoms with Crippen LogP contribution in [0.1, 0.15) is 18.9 Å². The van der Waals surface area contributed by atoms with Crippen LogP contribution in [0.25, 0.3) is 11.4 Å². The molecule has 0 atom stereocenters. The molecule has 1 aliphatic rings. The first kappa shape index (κ1) is 16.4. The second-order valence-corrected chi connectivity index (χ2v) is 6.21. The van der Waals surface area contributed by atoms with E-state index in [0.717, 1.165) is 41.4 Å². The lowest BCUT2D eigenvalue weighted by Crippen LogP contribution is -2.11. The standard InChI is InChI=1S/C19H21N5O2/c1-25-17-7-9-18(10-8-17)26-12-11-20-15-4-2-3-14(13-15)19-21-22-23-24(19)16-5-6-16/h2-4,7-10,13,16,20H,5-6,11-12H2,1H3. The number of rotatable bonds is 8. The van der Waals surface area contributed by atoms with Gasteiger partial charge in [0.05, 0.1) is 13.2 Å². The van der Waals surface area contributed by atoms with Gasteiger partial charge < -0.3 is 14.8 Å². The molecule has 1 aromatic heterocycles. The monoisotopic (exact) mass is 351 g/mol. The second-order valence-electron chi connectivity index (χ2n) is 6.21. The van der Waals surface area contributed by atoms with E-state index in [9.17, 15) is 0 Å². The Morgan fingerprint density at radius 1 is 1.12 bits per heavy atom. The molecule has 1 fully saturated rings. The van der Waals surface area contributed by atoms with Crippen LogP contribution in [0.15, 0.2) is 48.5 Å². The van der Waals surface area contributed by atoms with Crippen LogP contribution in [0.5, 0.6) is 11.5 Å². The third-order valence-electron chi connectivity index (χ3n) is 4.27. The summed E-state index contributed by atoms with van der Waals surface area (Å²) in [4.78, 5) is 0. The fourth-order valence-electron chi connectivity index (χ4n) is 2.75. The van der Waals surface area contributed by atoms with Crippen LogP contribution < -0.4 is 14.8 Å². The molecule has 1 N–H and O–H groups in total. The van der Waals surface area contributed by atoms with E-state index in [0.29, 0.717) is 19.2 Å². The van der Waals surface area contributed by atoms with Crippen molar-refractivity contribution in [2.75, 3.05) is 25.6 Å². The molecule has 4 rings (SSSR count). The highest BCUT2D eigenvalue weighted by molar-refractivity contribution is 5.62. The van der Waals surface area contributed by atoms with Gasteiger partial charge in [0.1, 0.15) is 18.1 Å². The van der Waals surface area contributed by atoms with Gasteiger partial charge in [0.15, 0.2) is 5.82 Å². The van der Waals surface area contributed by atoms with Crippen molar-refractivity contribution in [2.45, 2.75) is 18.9 Å². The first-order valence-electron chi connectivity index (χ1n) is 8.72. The Bertz CT molecular complexity index is 858. The van der Waals surface area contributed by atoms with Crippen molar-refractivity contribution in [3.8, 4) is 22.9 Å². The van der Waals surface area contributed by atoms with Crippen molar-refractivity contribution < 1.29 is 9.47 Å². The molecule has 0 amide bonds.